The molecular weight excluding hydrogens is 262 g/mol. The normalized spacial score (nSPS) is 12.1. The van der Waals surface area contributed by atoms with Crippen molar-refractivity contribution in [1.29, 1.82) is 0 Å². The first-order chi connectivity index (χ1) is 8.56. The number of anilines is 1. The van der Waals surface area contributed by atoms with E-state index in [-0.39, 0.29) is 6.04 Å². The Morgan fingerprint density at radius 1 is 1.39 bits per heavy atom. The molecule has 1 aromatic carbocycles. The van der Waals surface area contributed by atoms with Crippen LogP contribution in [0.4, 0.5) is 5.69 Å². The van der Waals surface area contributed by atoms with Crippen LogP contribution in [0.1, 0.15) is 29.2 Å². The minimum absolute atomic E-state index is 0.194. The zero-order valence-electron chi connectivity index (χ0n) is 10.3. The number of hydrogen-bond donors (Lipinski definition) is 2. The van der Waals surface area contributed by atoms with Gasteiger partial charge in [0.15, 0.2) is 0 Å². The molecule has 0 amide bonds. The summed E-state index contributed by atoms with van der Waals surface area (Å²) in [4.78, 5) is 4.89. The molecule has 1 heterocycles. The Hall–Kier alpha value is -1.46. The van der Waals surface area contributed by atoms with Crippen LogP contribution in [0, 0.1) is 6.92 Å². The van der Waals surface area contributed by atoms with Crippen molar-refractivity contribution in [2.75, 3.05) is 5.32 Å². The van der Waals surface area contributed by atoms with E-state index in [0.717, 1.165) is 22.0 Å². The summed E-state index contributed by atoms with van der Waals surface area (Å²) in [7, 11) is 0. The van der Waals surface area contributed by atoms with Gasteiger partial charge in [-0.2, -0.15) is 0 Å². The van der Waals surface area contributed by atoms with Crippen molar-refractivity contribution in [3.63, 3.8) is 0 Å². The molecule has 5 heteroatoms. The third kappa shape index (κ3) is 3.05. The molecule has 94 valence electrons. The van der Waals surface area contributed by atoms with Crippen molar-refractivity contribution in [3.05, 3.63) is 45.9 Å². The van der Waals surface area contributed by atoms with Gasteiger partial charge in [-0.05, 0) is 38.1 Å². The molecule has 0 fully saturated rings. The lowest BCUT2D eigenvalue weighted by molar-refractivity contribution is 0.864. The molecule has 1 unspecified atom stereocenters. The highest BCUT2D eigenvalue weighted by atomic mass is 32.1. The summed E-state index contributed by atoms with van der Waals surface area (Å²) in [5, 5.41) is 6.55. The molecule has 2 aromatic rings. The van der Waals surface area contributed by atoms with Crippen LogP contribution >= 0.6 is 23.6 Å². The number of nitrogens with zero attached hydrogens (tertiary/aromatic N) is 1. The highest BCUT2D eigenvalue weighted by Gasteiger charge is 2.09. The predicted molar refractivity (Wildman–Crippen MR) is 81.2 cm³/mol. The van der Waals surface area contributed by atoms with Gasteiger partial charge in [0, 0.05) is 22.3 Å². The first kappa shape index (κ1) is 13.0. The summed E-state index contributed by atoms with van der Waals surface area (Å²) in [6.45, 7) is 4.10. The average molecular weight is 277 g/mol. The number of nitrogens with two attached hydrogens (primary N) is 1. The molecule has 0 radical (unpaired) electrons. The van der Waals surface area contributed by atoms with Crippen molar-refractivity contribution in [1.82, 2.24) is 4.98 Å². The minimum Gasteiger partial charge on any atom is -0.389 e. The number of aromatic nitrogens is 1. The number of hydrogen-bond acceptors (Lipinski definition) is 4. The van der Waals surface area contributed by atoms with Crippen molar-refractivity contribution in [2.45, 2.75) is 19.9 Å². The van der Waals surface area contributed by atoms with Gasteiger partial charge in [0.05, 0.1) is 6.04 Å². The summed E-state index contributed by atoms with van der Waals surface area (Å²) in [5.74, 6) is 0. The quantitative estimate of drug-likeness (QED) is 0.842. The van der Waals surface area contributed by atoms with E-state index in [9.17, 15) is 0 Å². The summed E-state index contributed by atoms with van der Waals surface area (Å²) < 4.78 is 0. The van der Waals surface area contributed by atoms with Gasteiger partial charge in [0.1, 0.15) is 10.00 Å². The molecule has 0 spiro atoms. The van der Waals surface area contributed by atoms with E-state index in [1.807, 2.05) is 31.2 Å². The van der Waals surface area contributed by atoms with Crippen LogP contribution in [-0.4, -0.2) is 9.97 Å². The lowest BCUT2D eigenvalue weighted by Gasteiger charge is -2.13. The fourth-order valence-electron chi connectivity index (χ4n) is 1.61. The molecule has 0 saturated heterocycles. The van der Waals surface area contributed by atoms with Gasteiger partial charge < -0.3 is 11.1 Å². The van der Waals surface area contributed by atoms with Crippen molar-refractivity contribution >= 4 is 34.2 Å². The number of thiazole rings is 1. The standard InChI is InChI=1S/C13H15N3S2/c1-8-7-18-13(15-8)9(2)16-11-5-3-10(4-6-11)12(14)17/h3-7,9,16H,1-2H3,(H2,14,17). The van der Waals surface area contributed by atoms with Crippen LogP contribution in [-0.2, 0) is 0 Å². The van der Waals surface area contributed by atoms with E-state index in [1.165, 1.54) is 0 Å². The van der Waals surface area contributed by atoms with Crippen molar-refractivity contribution < 1.29 is 0 Å². The van der Waals surface area contributed by atoms with Crippen molar-refractivity contribution in [3.8, 4) is 0 Å². The average Bonchev–Trinajstić information content (AvgIpc) is 2.76. The molecule has 1 aromatic heterocycles. The monoisotopic (exact) mass is 277 g/mol. The minimum atomic E-state index is 0.194. The van der Waals surface area contributed by atoms with Crippen LogP contribution < -0.4 is 11.1 Å². The second-order valence-corrected chi connectivity index (χ2v) is 5.46. The predicted octanol–water partition coefficient (Wildman–Crippen LogP) is 3.26. The Kier molecular flexibility index (Phi) is 3.93. The van der Waals surface area contributed by atoms with Gasteiger partial charge in [-0.15, -0.1) is 11.3 Å². The number of benzene rings is 1. The van der Waals surface area contributed by atoms with Crippen LogP contribution in [0.2, 0.25) is 0 Å². The van der Waals surface area contributed by atoms with Gasteiger partial charge in [-0.3, -0.25) is 0 Å². The van der Waals surface area contributed by atoms with E-state index >= 15 is 0 Å². The molecule has 0 saturated carbocycles. The fourth-order valence-corrected chi connectivity index (χ4v) is 2.55. The summed E-state index contributed by atoms with van der Waals surface area (Å²) in [6, 6.07) is 7.99. The molecule has 3 nitrogen and oxygen atoms in total. The number of aryl methyl sites for hydroxylation is 1. The Balaban J connectivity index is 2.07. The van der Waals surface area contributed by atoms with Crippen LogP contribution in [0.5, 0.6) is 0 Å². The molecule has 0 bridgehead atoms. The van der Waals surface area contributed by atoms with E-state index in [0.29, 0.717) is 4.99 Å². The smallest absolute Gasteiger partial charge is 0.115 e. The second-order valence-electron chi connectivity index (χ2n) is 4.13. The Bertz CT molecular complexity index is 546. The van der Waals surface area contributed by atoms with Gasteiger partial charge >= 0.3 is 0 Å². The molecule has 2 rings (SSSR count). The Morgan fingerprint density at radius 3 is 2.56 bits per heavy atom. The maximum atomic E-state index is 5.56. The molecule has 18 heavy (non-hydrogen) atoms. The van der Waals surface area contributed by atoms with Crippen LogP contribution in [0.25, 0.3) is 0 Å². The van der Waals surface area contributed by atoms with Crippen LogP contribution in [0.3, 0.4) is 0 Å². The largest absolute Gasteiger partial charge is 0.389 e. The molecule has 0 aliphatic rings. The third-order valence-corrected chi connectivity index (χ3v) is 3.94. The van der Waals surface area contributed by atoms with E-state index < -0.39 is 0 Å². The maximum Gasteiger partial charge on any atom is 0.115 e. The van der Waals surface area contributed by atoms with Gasteiger partial charge in [0.25, 0.3) is 0 Å². The summed E-state index contributed by atoms with van der Waals surface area (Å²) >= 11 is 6.59. The Morgan fingerprint density at radius 2 is 2.06 bits per heavy atom. The molecular formula is C13H15N3S2. The van der Waals surface area contributed by atoms with E-state index in [1.54, 1.807) is 11.3 Å². The van der Waals surface area contributed by atoms with Gasteiger partial charge in [0.2, 0.25) is 0 Å². The number of thiocarbonyl (C=S) groups is 1. The topological polar surface area (TPSA) is 50.9 Å². The van der Waals surface area contributed by atoms with Crippen molar-refractivity contribution in [2.24, 2.45) is 5.73 Å². The summed E-state index contributed by atoms with van der Waals surface area (Å²) in [5.41, 5.74) is 8.54. The molecule has 0 aliphatic carbocycles. The number of rotatable bonds is 4. The SMILES string of the molecule is Cc1csc(C(C)Nc2ccc(C(N)=S)cc2)n1. The fraction of sp³-hybridized carbons (Fsp3) is 0.231. The first-order valence-electron chi connectivity index (χ1n) is 5.64. The highest BCUT2D eigenvalue weighted by molar-refractivity contribution is 7.80. The highest BCUT2D eigenvalue weighted by Crippen LogP contribution is 2.22. The maximum absolute atomic E-state index is 5.56. The Labute approximate surface area is 116 Å². The van der Waals surface area contributed by atoms with Gasteiger partial charge in [-0.25, -0.2) is 4.98 Å². The molecule has 3 N–H and O–H groups in total. The third-order valence-electron chi connectivity index (χ3n) is 2.56. The second kappa shape index (κ2) is 5.46. The molecule has 0 aliphatic heterocycles. The lowest BCUT2D eigenvalue weighted by atomic mass is 10.2. The molecule has 1 atom stereocenters. The van der Waals surface area contributed by atoms with Crippen LogP contribution in [0.15, 0.2) is 29.6 Å². The van der Waals surface area contributed by atoms with E-state index in [4.69, 9.17) is 18.0 Å². The number of nitrogens with one attached hydrogen (secondary N) is 1. The zero-order chi connectivity index (χ0) is 13.1. The lowest BCUT2D eigenvalue weighted by Crippen LogP contribution is -2.10. The summed E-state index contributed by atoms with van der Waals surface area (Å²) in [6.07, 6.45) is 0. The van der Waals surface area contributed by atoms with E-state index in [2.05, 4.69) is 22.6 Å². The van der Waals surface area contributed by atoms with Gasteiger partial charge in [-0.1, -0.05) is 12.2 Å². The zero-order valence-corrected chi connectivity index (χ0v) is 11.9. The first-order valence-corrected chi connectivity index (χ1v) is 6.93.